The molecule has 0 saturated carbocycles. The number of hydrogen-bond donors (Lipinski definition) is 0. The van der Waals surface area contributed by atoms with Crippen molar-refractivity contribution in [1.29, 1.82) is 0 Å². The number of anilines is 1. The van der Waals surface area contributed by atoms with Gasteiger partial charge >= 0.3 is 0 Å². The maximum absolute atomic E-state index is 13.4. The van der Waals surface area contributed by atoms with Gasteiger partial charge in [0, 0.05) is 19.5 Å². The van der Waals surface area contributed by atoms with Gasteiger partial charge in [0.25, 0.3) is 0 Å². The van der Waals surface area contributed by atoms with Crippen LogP contribution in [-0.4, -0.2) is 27.7 Å². The van der Waals surface area contributed by atoms with E-state index in [9.17, 15) is 8.42 Å². The highest BCUT2D eigenvalue weighted by atomic mass is 32.2. The molecule has 5 nitrogen and oxygen atoms in total. The lowest BCUT2D eigenvalue weighted by Gasteiger charge is -2.29. The molecule has 0 bridgehead atoms. The van der Waals surface area contributed by atoms with E-state index in [0.29, 0.717) is 11.3 Å². The van der Waals surface area contributed by atoms with Gasteiger partial charge in [0.2, 0.25) is 15.0 Å². The molecular formula is C20H18N2O3S. The first-order valence-electron chi connectivity index (χ1n) is 8.20. The highest BCUT2D eigenvalue weighted by Gasteiger charge is 2.37. The standard InChI is InChI=1S/C20H18N2O3S/c1-22-17-13-7-11-14-10-6-12-16(18(14)17)21-20(22)26(23,24)19(25-2)15-8-4-3-5-9-15/h3-13,19H,1-2H3. The van der Waals surface area contributed by atoms with Crippen molar-refractivity contribution in [1.82, 2.24) is 0 Å². The first kappa shape index (κ1) is 16.8. The summed E-state index contributed by atoms with van der Waals surface area (Å²) >= 11 is 0. The number of rotatable bonds is 3. The number of methoxy groups -OCH3 is 1. The van der Waals surface area contributed by atoms with Crippen LogP contribution in [0.5, 0.6) is 0 Å². The summed E-state index contributed by atoms with van der Waals surface area (Å²) < 4.78 is 32.1. The van der Waals surface area contributed by atoms with Crippen molar-refractivity contribution in [3.05, 3.63) is 72.3 Å². The summed E-state index contributed by atoms with van der Waals surface area (Å²) in [6.45, 7) is 0. The topological polar surface area (TPSA) is 59.0 Å². The average molecular weight is 366 g/mol. The summed E-state index contributed by atoms with van der Waals surface area (Å²) in [5, 5.41) is 1.96. The fourth-order valence-electron chi connectivity index (χ4n) is 3.36. The minimum absolute atomic E-state index is 0.0144. The molecule has 0 fully saturated rings. The van der Waals surface area contributed by atoms with E-state index in [2.05, 4.69) is 4.99 Å². The summed E-state index contributed by atoms with van der Waals surface area (Å²) in [6, 6.07) is 20.4. The van der Waals surface area contributed by atoms with Gasteiger partial charge in [-0.15, -0.1) is 0 Å². The second kappa shape index (κ2) is 6.23. The molecule has 4 rings (SSSR count). The normalized spacial score (nSPS) is 15.0. The summed E-state index contributed by atoms with van der Waals surface area (Å²) in [5.41, 5.74) is 0.921. The van der Waals surface area contributed by atoms with Crippen LogP contribution >= 0.6 is 0 Å². The minimum atomic E-state index is -3.86. The maximum atomic E-state index is 13.4. The van der Waals surface area contributed by atoms with Gasteiger partial charge in [-0.2, -0.15) is 0 Å². The monoisotopic (exact) mass is 366 g/mol. The molecule has 6 heteroatoms. The molecule has 0 aliphatic carbocycles. The zero-order valence-electron chi connectivity index (χ0n) is 14.5. The Hall–Kier alpha value is -2.70. The van der Waals surface area contributed by atoms with Gasteiger partial charge in [-0.05, 0) is 23.1 Å². The molecule has 0 spiro atoms. The second-order valence-corrected chi connectivity index (χ2v) is 8.01. The summed E-state index contributed by atoms with van der Waals surface area (Å²) in [6.07, 6.45) is 0. The van der Waals surface area contributed by atoms with E-state index in [0.717, 1.165) is 16.5 Å². The third-order valence-electron chi connectivity index (χ3n) is 4.55. The van der Waals surface area contributed by atoms with Crippen LogP contribution in [0.1, 0.15) is 11.0 Å². The van der Waals surface area contributed by atoms with Gasteiger partial charge in [0.1, 0.15) is 0 Å². The van der Waals surface area contributed by atoms with E-state index in [1.54, 1.807) is 36.2 Å². The van der Waals surface area contributed by atoms with Crippen molar-refractivity contribution in [3.8, 4) is 0 Å². The van der Waals surface area contributed by atoms with E-state index < -0.39 is 15.3 Å². The largest absolute Gasteiger partial charge is 0.360 e. The predicted octanol–water partition coefficient (Wildman–Crippen LogP) is 4.04. The van der Waals surface area contributed by atoms with Crippen LogP contribution in [0.25, 0.3) is 10.8 Å². The van der Waals surface area contributed by atoms with Crippen molar-refractivity contribution in [3.63, 3.8) is 0 Å². The number of amidine groups is 1. The Kier molecular flexibility index (Phi) is 4.01. The second-order valence-electron chi connectivity index (χ2n) is 6.13. The number of ether oxygens (including phenoxy) is 1. The molecule has 0 radical (unpaired) electrons. The molecule has 1 aliphatic heterocycles. The van der Waals surface area contributed by atoms with Gasteiger partial charge in [-0.1, -0.05) is 54.6 Å². The molecule has 0 saturated heterocycles. The van der Waals surface area contributed by atoms with Crippen molar-refractivity contribution < 1.29 is 13.2 Å². The fraction of sp³-hybridized carbons (Fsp3) is 0.150. The molecule has 0 aromatic heterocycles. The molecule has 1 unspecified atom stereocenters. The molecule has 0 N–H and O–H groups in total. The fourth-order valence-corrected chi connectivity index (χ4v) is 5.02. The lowest BCUT2D eigenvalue weighted by Crippen LogP contribution is -2.38. The van der Waals surface area contributed by atoms with Gasteiger partial charge < -0.3 is 9.64 Å². The third-order valence-corrected chi connectivity index (χ3v) is 6.45. The summed E-state index contributed by atoms with van der Waals surface area (Å²) in [7, 11) is -0.745. The van der Waals surface area contributed by atoms with Gasteiger partial charge in [0.15, 0.2) is 5.44 Å². The van der Waals surface area contributed by atoms with E-state index in [-0.39, 0.29) is 5.17 Å². The Morgan fingerprint density at radius 1 is 0.962 bits per heavy atom. The first-order valence-corrected chi connectivity index (χ1v) is 9.74. The SMILES string of the molecule is COC(c1ccccc1)S(=O)(=O)C1=Nc2cccc3cccc(c23)N1C. The Bertz CT molecular complexity index is 1100. The van der Waals surface area contributed by atoms with Gasteiger partial charge in [0.05, 0.1) is 11.4 Å². The lowest BCUT2D eigenvalue weighted by molar-refractivity contribution is 0.167. The molecule has 0 amide bonds. The molecule has 132 valence electrons. The van der Waals surface area contributed by atoms with E-state index >= 15 is 0 Å². The number of aliphatic imine (C=N–C) groups is 1. The Labute approximate surface area is 152 Å². The number of hydrogen-bond acceptors (Lipinski definition) is 5. The Morgan fingerprint density at radius 2 is 1.65 bits per heavy atom. The third kappa shape index (κ3) is 2.50. The van der Waals surface area contributed by atoms with Crippen LogP contribution in [-0.2, 0) is 14.6 Å². The maximum Gasteiger partial charge on any atom is 0.242 e. The van der Waals surface area contributed by atoms with Crippen LogP contribution in [0.2, 0.25) is 0 Å². The molecule has 1 aliphatic rings. The van der Waals surface area contributed by atoms with E-state index in [1.165, 1.54) is 7.11 Å². The van der Waals surface area contributed by atoms with Crippen molar-refractivity contribution >= 4 is 37.2 Å². The zero-order chi connectivity index (χ0) is 18.3. The van der Waals surface area contributed by atoms with E-state index in [1.807, 2.05) is 42.5 Å². The van der Waals surface area contributed by atoms with Crippen LogP contribution in [0.3, 0.4) is 0 Å². The average Bonchev–Trinajstić information content (AvgIpc) is 2.66. The van der Waals surface area contributed by atoms with Crippen molar-refractivity contribution in [2.75, 3.05) is 19.1 Å². The summed E-state index contributed by atoms with van der Waals surface area (Å²) in [5.74, 6) is 0. The smallest absolute Gasteiger partial charge is 0.242 e. The lowest BCUT2D eigenvalue weighted by atomic mass is 10.1. The van der Waals surface area contributed by atoms with Crippen LogP contribution in [0, 0.1) is 0 Å². The molecular weight excluding hydrogens is 348 g/mol. The van der Waals surface area contributed by atoms with Gasteiger partial charge in [-0.25, -0.2) is 13.4 Å². The molecule has 3 aromatic carbocycles. The Balaban J connectivity index is 1.90. The number of benzene rings is 3. The molecule has 1 atom stereocenters. The Morgan fingerprint density at radius 3 is 2.35 bits per heavy atom. The molecule has 26 heavy (non-hydrogen) atoms. The molecule has 1 heterocycles. The van der Waals surface area contributed by atoms with Gasteiger partial charge in [-0.3, -0.25) is 0 Å². The van der Waals surface area contributed by atoms with E-state index in [4.69, 9.17) is 4.74 Å². The van der Waals surface area contributed by atoms with Crippen molar-refractivity contribution in [2.24, 2.45) is 4.99 Å². The van der Waals surface area contributed by atoms with Crippen molar-refractivity contribution in [2.45, 2.75) is 5.44 Å². The highest BCUT2D eigenvalue weighted by Crippen LogP contribution is 2.40. The van der Waals surface area contributed by atoms with Crippen LogP contribution in [0.4, 0.5) is 11.4 Å². The molecule has 3 aromatic rings. The van der Waals surface area contributed by atoms with Crippen LogP contribution in [0.15, 0.2) is 71.7 Å². The quantitative estimate of drug-likeness (QED) is 0.702. The van der Waals surface area contributed by atoms with Crippen LogP contribution < -0.4 is 4.90 Å². The summed E-state index contributed by atoms with van der Waals surface area (Å²) in [4.78, 5) is 6.11. The first-order chi connectivity index (χ1) is 12.5. The number of nitrogens with zero attached hydrogens (tertiary/aromatic N) is 2. The highest BCUT2D eigenvalue weighted by molar-refractivity contribution is 8.06. The zero-order valence-corrected chi connectivity index (χ0v) is 15.3. The minimum Gasteiger partial charge on any atom is -0.360 e. The number of sulfone groups is 1. The predicted molar refractivity (Wildman–Crippen MR) is 105 cm³/mol.